The van der Waals surface area contributed by atoms with Crippen molar-refractivity contribution in [3.63, 3.8) is 0 Å². The molecule has 2 rings (SSSR count). The van der Waals surface area contributed by atoms with Crippen LogP contribution in [0, 0.1) is 0 Å². The number of benzene rings is 1. The van der Waals surface area contributed by atoms with Crippen molar-refractivity contribution in [1.82, 2.24) is 9.55 Å². The topological polar surface area (TPSA) is 43.8 Å². The van der Waals surface area contributed by atoms with Gasteiger partial charge in [0.05, 0.1) is 16.6 Å². The predicted molar refractivity (Wildman–Crippen MR) is 76.6 cm³/mol. The van der Waals surface area contributed by atoms with Gasteiger partial charge in [-0.2, -0.15) is 0 Å². The van der Waals surface area contributed by atoms with Gasteiger partial charge in [0.1, 0.15) is 5.82 Å². The standard InChI is InChI=1S/C15H23N3/c1-6-15(5,16)13-17-11-9-7-8-10-12(11)18(13)14(2,3)4/h7-10H,6,16H2,1-5H3. The van der Waals surface area contributed by atoms with Crippen LogP contribution >= 0.6 is 0 Å². The minimum absolute atomic E-state index is 0.0266. The molecular formula is C15H23N3. The molecule has 0 spiro atoms. The van der Waals surface area contributed by atoms with E-state index in [1.807, 2.05) is 12.1 Å². The van der Waals surface area contributed by atoms with Gasteiger partial charge in [-0.1, -0.05) is 19.1 Å². The smallest absolute Gasteiger partial charge is 0.130 e. The number of nitrogens with two attached hydrogens (primary N) is 1. The van der Waals surface area contributed by atoms with Gasteiger partial charge in [-0.05, 0) is 46.2 Å². The van der Waals surface area contributed by atoms with Gasteiger partial charge in [0.2, 0.25) is 0 Å². The fourth-order valence-corrected chi connectivity index (χ4v) is 2.25. The largest absolute Gasteiger partial charge is 0.321 e. The molecule has 3 nitrogen and oxygen atoms in total. The molecule has 0 fully saturated rings. The van der Waals surface area contributed by atoms with E-state index in [-0.39, 0.29) is 5.54 Å². The molecule has 0 radical (unpaired) electrons. The summed E-state index contributed by atoms with van der Waals surface area (Å²) in [6, 6.07) is 8.23. The van der Waals surface area contributed by atoms with Crippen molar-refractivity contribution < 1.29 is 0 Å². The minimum Gasteiger partial charge on any atom is -0.321 e. The van der Waals surface area contributed by atoms with Crippen LogP contribution in [0.25, 0.3) is 11.0 Å². The molecule has 0 saturated heterocycles. The average molecular weight is 245 g/mol. The molecule has 1 aromatic carbocycles. The van der Waals surface area contributed by atoms with Crippen LogP contribution in [0.5, 0.6) is 0 Å². The number of hydrogen-bond donors (Lipinski definition) is 1. The van der Waals surface area contributed by atoms with Gasteiger partial charge in [0.25, 0.3) is 0 Å². The third kappa shape index (κ3) is 2.03. The summed E-state index contributed by atoms with van der Waals surface area (Å²) in [5.41, 5.74) is 8.17. The van der Waals surface area contributed by atoms with Crippen molar-refractivity contribution in [2.24, 2.45) is 5.73 Å². The average Bonchev–Trinajstić information content (AvgIpc) is 2.68. The molecule has 0 amide bonds. The zero-order valence-corrected chi connectivity index (χ0v) is 12.0. The fraction of sp³-hybridized carbons (Fsp3) is 0.533. The first-order chi connectivity index (χ1) is 8.27. The van der Waals surface area contributed by atoms with Gasteiger partial charge < -0.3 is 10.3 Å². The SMILES string of the molecule is CCC(C)(N)c1nc2ccccc2n1C(C)(C)C. The van der Waals surface area contributed by atoms with Crippen LogP contribution in [0.1, 0.15) is 46.9 Å². The Morgan fingerprint density at radius 3 is 2.33 bits per heavy atom. The summed E-state index contributed by atoms with van der Waals surface area (Å²) >= 11 is 0. The first-order valence-corrected chi connectivity index (χ1v) is 6.54. The Bertz CT molecular complexity index is 559. The van der Waals surface area contributed by atoms with Gasteiger partial charge in [0.15, 0.2) is 0 Å². The fourth-order valence-electron chi connectivity index (χ4n) is 2.25. The second-order valence-corrected chi connectivity index (χ2v) is 6.20. The molecule has 3 heteroatoms. The van der Waals surface area contributed by atoms with E-state index < -0.39 is 5.54 Å². The number of fused-ring (bicyclic) bond motifs is 1. The highest BCUT2D eigenvalue weighted by molar-refractivity contribution is 5.76. The monoisotopic (exact) mass is 245 g/mol. The van der Waals surface area contributed by atoms with Crippen LogP contribution in [-0.4, -0.2) is 9.55 Å². The van der Waals surface area contributed by atoms with Gasteiger partial charge in [-0.3, -0.25) is 0 Å². The Morgan fingerprint density at radius 2 is 1.78 bits per heavy atom. The summed E-state index contributed by atoms with van der Waals surface area (Å²) in [7, 11) is 0. The normalized spacial score (nSPS) is 15.9. The molecule has 0 saturated carbocycles. The molecule has 1 unspecified atom stereocenters. The van der Waals surface area contributed by atoms with Crippen LogP contribution < -0.4 is 5.73 Å². The van der Waals surface area contributed by atoms with Crippen molar-refractivity contribution in [3.8, 4) is 0 Å². The molecule has 0 bridgehead atoms. The number of imidazole rings is 1. The third-order valence-corrected chi connectivity index (χ3v) is 3.48. The third-order valence-electron chi connectivity index (χ3n) is 3.48. The molecule has 1 aromatic heterocycles. The maximum atomic E-state index is 6.42. The molecule has 1 heterocycles. The van der Waals surface area contributed by atoms with Crippen molar-refractivity contribution in [1.29, 1.82) is 0 Å². The van der Waals surface area contributed by atoms with E-state index in [2.05, 4.69) is 51.3 Å². The maximum Gasteiger partial charge on any atom is 0.130 e. The molecule has 2 N–H and O–H groups in total. The van der Waals surface area contributed by atoms with E-state index in [0.717, 1.165) is 23.3 Å². The Labute approximate surface area is 109 Å². The lowest BCUT2D eigenvalue weighted by atomic mass is 9.97. The highest BCUT2D eigenvalue weighted by Gasteiger charge is 2.30. The van der Waals surface area contributed by atoms with Crippen LogP contribution in [-0.2, 0) is 11.1 Å². The molecule has 0 aliphatic carbocycles. The van der Waals surface area contributed by atoms with Crippen molar-refractivity contribution >= 4 is 11.0 Å². The summed E-state index contributed by atoms with van der Waals surface area (Å²) in [5.74, 6) is 0.971. The van der Waals surface area contributed by atoms with Crippen molar-refractivity contribution in [2.45, 2.75) is 52.1 Å². The van der Waals surface area contributed by atoms with Crippen LogP contribution in [0.2, 0.25) is 0 Å². The Kier molecular flexibility index (Phi) is 2.98. The van der Waals surface area contributed by atoms with E-state index in [4.69, 9.17) is 10.7 Å². The maximum absolute atomic E-state index is 6.42. The van der Waals surface area contributed by atoms with E-state index in [9.17, 15) is 0 Å². The molecule has 98 valence electrons. The zero-order valence-electron chi connectivity index (χ0n) is 12.0. The van der Waals surface area contributed by atoms with Gasteiger partial charge >= 0.3 is 0 Å². The summed E-state index contributed by atoms with van der Waals surface area (Å²) in [6.07, 6.45) is 0.867. The van der Waals surface area contributed by atoms with Gasteiger partial charge in [-0.25, -0.2) is 4.98 Å². The molecule has 1 atom stereocenters. The van der Waals surface area contributed by atoms with E-state index in [0.29, 0.717) is 0 Å². The minimum atomic E-state index is -0.397. The lowest BCUT2D eigenvalue weighted by molar-refractivity contribution is 0.341. The lowest BCUT2D eigenvalue weighted by Gasteiger charge is -2.31. The highest BCUT2D eigenvalue weighted by atomic mass is 15.2. The first kappa shape index (κ1) is 13.1. The Hall–Kier alpha value is -1.35. The number of para-hydroxylation sites is 2. The van der Waals surface area contributed by atoms with Crippen molar-refractivity contribution in [2.75, 3.05) is 0 Å². The Morgan fingerprint density at radius 1 is 1.17 bits per heavy atom. The summed E-state index contributed by atoms with van der Waals surface area (Å²) < 4.78 is 2.27. The molecule has 18 heavy (non-hydrogen) atoms. The lowest BCUT2D eigenvalue weighted by Crippen LogP contribution is -2.39. The predicted octanol–water partition coefficient (Wildman–Crippen LogP) is 3.38. The molecular weight excluding hydrogens is 222 g/mol. The number of rotatable bonds is 2. The van der Waals surface area contributed by atoms with Crippen LogP contribution in [0.4, 0.5) is 0 Å². The quantitative estimate of drug-likeness (QED) is 0.881. The van der Waals surface area contributed by atoms with Gasteiger partial charge in [0, 0.05) is 5.54 Å². The summed E-state index contributed by atoms with van der Waals surface area (Å²) in [4.78, 5) is 4.76. The Balaban J connectivity index is 2.81. The van der Waals surface area contributed by atoms with Crippen LogP contribution in [0.3, 0.4) is 0 Å². The van der Waals surface area contributed by atoms with Crippen molar-refractivity contribution in [3.05, 3.63) is 30.1 Å². The zero-order chi connectivity index (χ0) is 13.6. The van der Waals surface area contributed by atoms with E-state index in [1.54, 1.807) is 0 Å². The molecule has 2 aromatic rings. The summed E-state index contributed by atoms with van der Waals surface area (Å²) in [6.45, 7) is 10.7. The summed E-state index contributed by atoms with van der Waals surface area (Å²) in [5, 5.41) is 0. The van der Waals surface area contributed by atoms with E-state index in [1.165, 1.54) is 0 Å². The second-order valence-electron chi connectivity index (χ2n) is 6.20. The molecule has 0 aliphatic heterocycles. The van der Waals surface area contributed by atoms with Gasteiger partial charge in [-0.15, -0.1) is 0 Å². The second kappa shape index (κ2) is 4.09. The first-order valence-electron chi connectivity index (χ1n) is 6.54. The number of nitrogens with zero attached hydrogens (tertiary/aromatic N) is 2. The highest BCUT2D eigenvalue weighted by Crippen LogP contribution is 2.31. The number of hydrogen-bond acceptors (Lipinski definition) is 2. The van der Waals surface area contributed by atoms with Crippen LogP contribution in [0.15, 0.2) is 24.3 Å². The van der Waals surface area contributed by atoms with E-state index >= 15 is 0 Å². The number of aromatic nitrogens is 2. The molecule has 0 aliphatic rings.